The van der Waals surface area contributed by atoms with E-state index in [9.17, 15) is 4.79 Å². The number of para-hydroxylation sites is 1. The summed E-state index contributed by atoms with van der Waals surface area (Å²) >= 11 is 0. The van der Waals surface area contributed by atoms with Crippen LogP contribution in [0.5, 0.6) is 0 Å². The van der Waals surface area contributed by atoms with Gasteiger partial charge in [-0.3, -0.25) is 9.78 Å². The molecule has 0 atom stereocenters. The number of anilines is 2. The number of rotatable bonds is 3. The molecule has 134 valence electrons. The third kappa shape index (κ3) is 3.75. The van der Waals surface area contributed by atoms with Crippen molar-refractivity contribution in [1.29, 1.82) is 0 Å². The summed E-state index contributed by atoms with van der Waals surface area (Å²) < 4.78 is 0. The van der Waals surface area contributed by atoms with Crippen LogP contribution in [0.2, 0.25) is 0 Å². The number of amides is 1. The molecule has 0 unspecified atom stereocenters. The van der Waals surface area contributed by atoms with E-state index in [4.69, 9.17) is 0 Å². The van der Waals surface area contributed by atoms with Gasteiger partial charge in [-0.25, -0.2) is 0 Å². The lowest BCUT2D eigenvalue weighted by Gasteiger charge is -2.26. The Bertz CT molecular complexity index is 996. The van der Waals surface area contributed by atoms with E-state index in [1.54, 1.807) is 13.1 Å². The van der Waals surface area contributed by atoms with Gasteiger partial charge in [0, 0.05) is 31.5 Å². The Balaban J connectivity index is 1.64. The lowest BCUT2D eigenvalue weighted by atomic mass is 10.00. The minimum atomic E-state index is 0.0440. The molecule has 1 amide bonds. The second-order valence-corrected chi connectivity index (χ2v) is 6.63. The van der Waals surface area contributed by atoms with Gasteiger partial charge in [0.25, 0.3) is 0 Å². The smallest absolute Gasteiger partial charge is 0.224 e. The summed E-state index contributed by atoms with van der Waals surface area (Å²) in [6.07, 6.45) is 7.84. The van der Waals surface area contributed by atoms with Crippen molar-refractivity contribution >= 4 is 29.4 Å². The monoisotopic (exact) mass is 355 g/mol. The molecule has 0 bridgehead atoms. The Morgan fingerprint density at radius 2 is 1.93 bits per heavy atom. The fourth-order valence-corrected chi connectivity index (χ4v) is 3.30. The molecule has 0 spiro atoms. The van der Waals surface area contributed by atoms with E-state index < -0.39 is 0 Å². The van der Waals surface area contributed by atoms with Crippen molar-refractivity contribution in [1.82, 2.24) is 4.98 Å². The summed E-state index contributed by atoms with van der Waals surface area (Å²) in [6.45, 7) is 2.90. The van der Waals surface area contributed by atoms with Crippen LogP contribution in [0.4, 0.5) is 11.4 Å². The SMILES string of the molecule is CC(=O)N1Cc2ccc(NCc3cccnc3)cc2/C=C\c2ccccc21. The van der Waals surface area contributed by atoms with Crippen LogP contribution in [0, 0.1) is 0 Å². The van der Waals surface area contributed by atoms with Gasteiger partial charge in [0.2, 0.25) is 5.91 Å². The highest BCUT2D eigenvalue weighted by molar-refractivity contribution is 5.95. The molecule has 4 nitrogen and oxygen atoms in total. The van der Waals surface area contributed by atoms with E-state index >= 15 is 0 Å². The van der Waals surface area contributed by atoms with Gasteiger partial charge in [-0.2, -0.15) is 0 Å². The average molecular weight is 355 g/mol. The molecule has 0 saturated carbocycles. The molecule has 1 aliphatic rings. The number of carbonyl (C=O) groups is 1. The standard InChI is InChI=1S/C23H21N3O/c1-17(27)26-16-21-10-11-22(25-15-18-5-4-12-24-14-18)13-20(21)9-8-19-6-2-3-7-23(19)26/h2-14,25H,15-16H2,1H3/b9-8-. The molecule has 2 aromatic carbocycles. The topological polar surface area (TPSA) is 45.2 Å². The van der Waals surface area contributed by atoms with Gasteiger partial charge < -0.3 is 10.2 Å². The highest BCUT2D eigenvalue weighted by Crippen LogP contribution is 2.30. The minimum absolute atomic E-state index is 0.0440. The third-order valence-electron chi connectivity index (χ3n) is 4.74. The number of aromatic nitrogens is 1. The number of hydrogen-bond acceptors (Lipinski definition) is 3. The summed E-state index contributed by atoms with van der Waals surface area (Å²) in [4.78, 5) is 18.2. The van der Waals surface area contributed by atoms with Crippen molar-refractivity contribution in [3.05, 3.63) is 89.2 Å². The fourth-order valence-electron chi connectivity index (χ4n) is 3.30. The van der Waals surface area contributed by atoms with Crippen molar-refractivity contribution in [3.8, 4) is 0 Å². The number of nitrogens with one attached hydrogen (secondary N) is 1. The molecular formula is C23H21N3O. The number of hydrogen-bond donors (Lipinski definition) is 1. The lowest BCUT2D eigenvalue weighted by molar-refractivity contribution is -0.116. The number of nitrogens with zero attached hydrogens (tertiary/aromatic N) is 2. The van der Waals surface area contributed by atoms with Crippen LogP contribution >= 0.6 is 0 Å². The van der Waals surface area contributed by atoms with E-state index in [0.29, 0.717) is 6.54 Å². The maximum absolute atomic E-state index is 12.2. The quantitative estimate of drug-likeness (QED) is 0.739. The Kier molecular flexibility index (Phi) is 4.71. The van der Waals surface area contributed by atoms with Crippen molar-refractivity contribution in [2.45, 2.75) is 20.0 Å². The van der Waals surface area contributed by atoms with E-state index in [1.165, 1.54) is 0 Å². The first-order valence-corrected chi connectivity index (χ1v) is 9.01. The number of carbonyl (C=O) groups excluding carboxylic acids is 1. The largest absolute Gasteiger partial charge is 0.381 e. The van der Waals surface area contributed by atoms with Gasteiger partial charge >= 0.3 is 0 Å². The predicted molar refractivity (Wildman–Crippen MR) is 110 cm³/mol. The van der Waals surface area contributed by atoms with Crippen LogP contribution in [0.3, 0.4) is 0 Å². The van der Waals surface area contributed by atoms with Crippen LogP contribution in [0.1, 0.15) is 29.2 Å². The zero-order chi connectivity index (χ0) is 18.6. The summed E-state index contributed by atoms with van der Waals surface area (Å²) in [5.74, 6) is 0.0440. The van der Waals surface area contributed by atoms with Crippen LogP contribution in [-0.2, 0) is 17.9 Å². The summed E-state index contributed by atoms with van der Waals surface area (Å²) in [5.41, 5.74) is 6.43. The number of benzene rings is 2. The molecule has 4 heteroatoms. The molecule has 1 N–H and O–H groups in total. The van der Waals surface area contributed by atoms with Crippen molar-refractivity contribution in [3.63, 3.8) is 0 Å². The van der Waals surface area contributed by atoms with E-state index in [0.717, 1.165) is 40.2 Å². The molecular weight excluding hydrogens is 334 g/mol. The minimum Gasteiger partial charge on any atom is -0.381 e. The van der Waals surface area contributed by atoms with Gasteiger partial charge in [0.1, 0.15) is 0 Å². The van der Waals surface area contributed by atoms with Crippen LogP contribution in [-0.4, -0.2) is 10.9 Å². The molecule has 27 heavy (non-hydrogen) atoms. The molecule has 0 radical (unpaired) electrons. The first-order chi connectivity index (χ1) is 13.2. The Morgan fingerprint density at radius 3 is 2.74 bits per heavy atom. The second-order valence-electron chi connectivity index (χ2n) is 6.63. The normalized spacial score (nSPS) is 13.7. The van der Waals surface area contributed by atoms with Gasteiger partial charge in [-0.15, -0.1) is 0 Å². The molecule has 2 heterocycles. The van der Waals surface area contributed by atoms with E-state index in [-0.39, 0.29) is 5.91 Å². The van der Waals surface area contributed by atoms with E-state index in [2.05, 4.69) is 46.7 Å². The predicted octanol–water partition coefficient (Wildman–Crippen LogP) is 4.73. The first kappa shape index (κ1) is 17.0. The fraction of sp³-hybridized carbons (Fsp3) is 0.130. The molecule has 0 aliphatic carbocycles. The molecule has 0 saturated heterocycles. The maximum Gasteiger partial charge on any atom is 0.224 e. The highest BCUT2D eigenvalue weighted by Gasteiger charge is 2.18. The maximum atomic E-state index is 12.2. The van der Waals surface area contributed by atoms with Crippen molar-refractivity contribution in [2.75, 3.05) is 10.2 Å². The Hall–Kier alpha value is -3.40. The number of fused-ring (bicyclic) bond motifs is 2. The summed E-state index contributed by atoms with van der Waals surface area (Å²) in [7, 11) is 0. The third-order valence-corrected chi connectivity index (χ3v) is 4.74. The van der Waals surface area contributed by atoms with Gasteiger partial charge in [0.15, 0.2) is 0 Å². The zero-order valence-corrected chi connectivity index (χ0v) is 15.2. The zero-order valence-electron chi connectivity index (χ0n) is 15.2. The first-order valence-electron chi connectivity index (χ1n) is 9.01. The Labute approximate surface area is 159 Å². The van der Waals surface area contributed by atoms with Gasteiger partial charge in [0.05, 0.1) is 12.2 Å². The summed E-state index contributed by atoms with van der Waals surface area (Å²) in [6, 6.07) is 18.3. The van der Waals surface area contributed by atoms with Crippen LogP contribution in [0.15, 0.2) is 67.0 Å². The molecule has 1 aliphatic heterocycles. The van der Waals surface area contributed by atoms with Gasteiger partial charge in [-0.05, 0) is 46.5 Å². The van der Waals surface area contributed by atoms with Crippen molar-refractivity contribution < 1.29 is 4.79 Å². The van der Waals surface area contributed by atoms with Crippen LogP contribution in [0.25, 0.3) is 12.2 Å². The lowest BCUT2D eigenvalue weighted by Crippen LogP contribution is -2.29. The average Bonchev–Trinajstić information content (AvgIpc) is 2.69. The Morgan fingerprint density at radius 1 is 1.07 bits per heavy atom. The van der Waals surface area contributed by atoms with Gasteiger partial charge in [-0.1, -0.05) is 42.5 Å². The summed E-state index contributed by atoms with van der Waals surface area (Å²) in [5, 5.41) is 3.45. The molecule has 3 aromatic rings. The molecule has 1 aromatic heterocycles. The van der Waals surface area contributed by atoms with Crippen LogP contribution < -0.4 is 10.2 Å². The highest BCUT2D eigenvalue weighted by atomic mass is 16.2. The molecule has 0 fully saturated rings. The second kappa shape index (κ2) is 7.46. The van der Waals surface area contributed by atoms with Crippen molar-refractivity contribution in [2.24, 2.45) is 0 Å². The molecule has 4 rings (SSSR count). The number of pyridine rings is 1. The van der Waals surface area contributed by atoms with E-state index in [1.807, 2.05) is 41.4 Å².